The van der Waals surface area contributed by atoms with Gasteiger partial charge in [0.15, 0.2) is 0 Å². The zero-order valence-electron chi connectivity index (χ0n) is 14.6. The van der Waals surface area contributed by atoms with Gasteiger partial charge in [-0.2, -0.15) is 4.31 Å². The first kappa shape index (κ1) is 18.0. The molecular formula is C17H24N2O5S. The molecule has 8 heteroatoms. The highest BCUT2D eigenvalue weighted by molar-refractivity contribution is 7.89. The van der Waals surface area contributed by atoms with E-state index in [4.69, 9.17) is 9.47 Å². The van der Waals surface area contributed by atoms with E-state index in [1.54, 1.807) is 17.0 Å². The Hall–Kier alpha value is -1.80. The molecule has 1 aromatic rings. The van der Waals surface area contributed by atoms with E-state index in [2.05, 4.69) is 0 Å². The van der Waals surface area contributed by atoms with Gasteiger partial charge in [-0.3, -0.25) is 4.79 Å². The second-order valence-corrected chi connectivity index (χ2v) is 8.28. The summed E-state index contributed by atoms with van der Waals surface area (Å²) in [5, 5.41) is 0. The van der Waals surface area contributed by atoms with E-state index in [0.717, 1.165) is 12.8 Å². The lowest BCUT2D eigenvalue weighted by Crippen LogP contribution is -2.38. The Morgan fingerprint density at radius 2 is 1.84 bits per heavy atom. The lowest BCUT2D eigenvalue weighted by atomic mass is 10.3. The summed E-state index contributed by atoms with van der Waals surface area (Å²) < 4.78 is 37.9. The van der Waals surface area contributed by atoms with Crippen molar-refractivity contribution < 1.29 is 22.7 Å². The second-order valence-electron chi connectivity index (χ2n) is 6.37. The normalized spacial score (nSPS) is 19.4. The molecule has 0 unspecified atom stereocenters. The Bertz CT molecular complexity index is 745. The van der Waals surface area contributed by atoms with Gasteiger partial charge in [0.25, 0.3) is 0 Å². The van der Waals surface area contributed by atoms with Crippen LogP contribution in [0.15, 0.2) is 23.1 Å². The van der Waals surface area contributed by atoms with E-state index in [-0.39, 0.29) is 22.5 Å². The van der Waals surface area contributed by atoms with Gasteiger partial charge in [-0.05, 0) is 31.4 Å². The molecule has 3 rings (SSSR count). The monoisotopic (exact) mass is 368 g/mol. The molecular weight excluding hydrogens is 344 g/mol. The summed E-state index contributed by atoms with van der Waals surface area (Å²) in [5.74, 6) is 1.12. The number of benzene rings is 1. The van der Waals surface area contributed by atoms with E-state index >= 15 is 0 Å². The van der Waals surface area contributed by atoms with Crippen LogP contribution >= 0.6 is 0 Å². The highest BCUT2D eigenvalue weighted by Crippen LogP contribution is 2.33. The van der Waals surface area contributed by atoms with Crippen LogP contribution in [-0.2, 0) is 14.8 Å². The Morgan fingerprint density at radius 1 is 1.08 bits per heavy atom. The van der Waals surface area contributed by atoms with Gasteiger partial charge in [0.2, 0.25) is 15.9 Å². The topological polar surface area (TPSA) is 76.2 Å². The van der Waals surface area contributed by atoms with Gasteiger partial charge < -0.3 is 14.4 Å². The molecule has 138 valence electrons. The number of carbonyl (C=O) groups excluding carboxylic acids is 1. The number of hydrogen-bond donors (Lipinski definition) is 0. The molecule has 1 aliphatic heterocycles. The molecule has 1 aliphatic carbocycles. The molecule has 2 fully saturated rings. The molecule has 1 heterocycles. The van der Waals surface area contributed by atoms with Crippen molar-refractivity contribution in [3.05, 3.63) is 18.2 Å². The standard InChI is InChI=1S/C17H24N2O5S/c1-23-14-6-7-16(15(12-14)24-2)25(21,22)19-9-3-8-18(10-11-19)17(20)13-4-5-13/h6-7,12-13H,3-5,8-11H2,1-2H3. The highest BCUT2D eigenvalue weighted by atomic mass is 32.2. The van der Waals surface area contributed by atoms with Crippen molar-refractivity contribution in [3.8, 4) is 11.5 Å². The smallest absolute Gasteiger partial charge is 0.246 e. The molecule has 25 heavy (non-hydrogen) atoms. The highest BCUT2D eigenvalue weighted by Gasteiger charge is 2.36. The van der Waals surface area contributed by atoms with E-state index in [0.29, 0.717) is 38.3 Å². The fourth-order valence-electron chi connectivity index (χ4n) is 3.07. The van der Waals surface area contributed by atoms with E-state index < -0.39 is 10.0 Å². The number of sulfonamides is 1. The molecule has 0 N–H and O–H groups in total. The zero-order valence-corrected chi connectivity index (χ0v) is 15.4. The van der Waals surface area contributed by atoms with Crippen LogP contribution in [0, 0.1) is 5.92 Å². The summed E-state index contributed by atoms with van der Waals surface area (Å²) in [5.41, 5.74) is 0. The third-order valence-corrected chi connectivity index (χ3v) is 6.62. The summed E-state index contributed by atoms with van der Waals surface area (Å²) in [6.07, 6.45) is 2.55. The predicted molar refractivity (Wildman–Crippen MR) is 92.2 cm³/mol. The summed E-state index contributed by atoms with van der Waals surface area (Å²) in [7, 11) is -0.738. The first-order valence-corrected chi connectivity index (χ1v) is 9.92. The number of hydrogen-bond acceptors (Lipinski definition) is 5. The quantitative estimate of drug-likeness (QED) is 0.784. The molecule has 1 saturated carbocycles. The Labute approximate surface area is 148 Å². The van der Waals surface area contributed by atoms with E-state index in [9.17, 15) is 13.2 Å². The molecule has 0 radical (unpaired) electrons. The van der Waals surface area contributed by atoms with Crippen molar-refractivity contribution in [1.29, 1.82) is 0 Å². The van der Waals surface area contributed by atoms with Crippen LogP contribution in [0.4, 0.5) is 0 Å². The number of methoxy groups -OCH3 is 2. The molecule has 0 bridgehead atoms. The minimum atomic E-state index is -3.69. The van der Waals surface area contributed by atoms with Crippen LogP contribution < -0.4 is 9.47 Å². The van der Waals surface area contributed by atoms with Crippen molar-refractivity contribution in [2.45, 2.75) is 24.2 Å². The number of amides is 1. The van der Waals surface area contributed by atoms with Crippen LogP contribution in [0.5, 0.6) is 11.5 Å². The predicted octanol–water partition coefficient (Wildman–Crippen LogP) is 1.34. The zero-order chi connectivity index (χ0) is 18.0. The molecule has 7 nitrogen and oxygen atoms in total. The summed E-state index contributed by atoms with van der Waals surface area (Å²) in [6, 6.07) is 4.68. The number of carbonyl (C=O) groups is 1. The lowest BCUT2D eigenvalue weighted by Gasteiger charge is -2.22. The lowest BCUT2D eigenvalue weighted by molar-refractivity contribution is -0.132. The first-order valence-electron chi connectivity index (χ1n) is 8.48. The number of rotatable bonds is 5. The third kappa shape index (κ3) is 3.74. The average molecular weight is 368 g/mol. The van der Waals surface area contributed by atoms with Gasteiger partial charge in [0, 0.05) is 38.2 Å². The Balaban J connectivity index is 1.79. The fourth-order valence-corrected chi connectivity index (χ4v) is 4.68. The van der Waals surface area contributed by atoms with Crippen molar-refractivity contribution in [2.75, 3.05) is 40.4 Å². The van der Waals surface area contributed by atoms with Gasteiger partial charge in [0.05, 0.1) is 14.2 Å². The molecule has 0 aromatic heterocycles. The van der Waals surface area contributed by atoms with Crippen molar-refractivity contribution in [1.82, 2.24) is 9.21 Å². The van der Waals surface area contributed by atoms with Crippen LogP contribution in [0.25, 0.3) is 0 Å². The van der Waals surface area contributed by atoms with Gasteiger partial charge in [-0.25, -0.2) is 8.42 Å². The van der Waals surface area contributed by atoms with Gasteiger partial charge in [0.1, 0.15) is 16.4 Å². The maximum absolute atomic E-state index is 13.0. The van der Waals surface area contributed by atoms with Crippen LogP contribution in [-0.4, -0.2) is 63.9 Å². The molecule has 1 aromatic carbocycles. The third-order valence-electron chi connectivity index (χ3n) is 4.68. The Morgan fingerprint density at radius 3 is 2.48 bits per heavy atom. The summed E-state index contributed by atoms with van der Waals surface area (Å²) in [4.78, 5) is 14.2. The maximum atomic E-state index is 13.0. The minimum Gasteiger partial charge on any atom is -0.497 e. The molecule has 0 atom stereocenters. The fraction of sp³-hybridized carbons (Fsp3) is 0.588. The van der Waals surface area contributed by atoms with Crippen LogP contribution in [0.2, 0.25) is 0 Å². The van der Waals surface area contributed by atoms with Crippen molar-refractivity contribution in [3.63, 3.8) is 0 Å². The average Bonchev–Trinajstić information content (AvgIpc) is 3.46. The summed E-state index contributed by atoms with van der Waals surface area (Å²) in [6.45, 7) is 1.75. The maximum Gasteiger partial charge on any atom is 0.246 e. The van der Waals surface area contributed by atoms with Gasteiger partial charge >= 0.3 is 0 Å². The molecule has 1 amide bonds. The second kappa shape index (κ2) is 7.21. The van der Waals surface area contributed by atoms with Crippen LogP contribution in [0.1, 0.15) is 19.3 Å². The van der Waals surface area contributed by atoms with Crippen molar-refractivity contribution in [2.24, 2.45) is 5.92 Å². The summed E-state index contributed by atoms with van der Waals surface area (Å²) >= 11 is 0. The Kier molecular flexibility index (Phi) is 5.19. The van der Waals surface area contributed by atoms with Gasteiger partial charge in [-0.15, -0.1) is 0 Å². The molecule has 1 saturated heterocycles. The molecule has 2 aliphatic rings. The van der Waals surface area contributed by atoms with Crippen molar-refractivity contribution >= 4 is 15.9 Å². The van der Waals surface area contributed by atoms with Gasteiger partial charge in [-0.1, -0.05) is 0 Å². The minimum absolute atomic E-state index is 0.123. The number of nitrogens with zero attached hydrogens (tertiary/aromatic N) is 2. The SMILES string of the molecule is COc1ccc(S(=O)(=O)N2CCCN(C(=O)C3CC3)CC2)c(OC)c1. The van der Waals surface area contributed by atoms with E-state index in [1.165, 1.54) is 24.6 Å². The first-order chi connectivity index (χ1) is 12.0. The largest absolute Gasteiger partial charge is 0.497 e. The molecule has 0 spiro atoms. The van der Waals surface area contributed by atoms with Crippen LogP contribution in [0.3, 0.4) is 0 Å². The number of ether oxygens (including phenoxy) is 2. The van der Waals surface area contributed by atoms with E-state index in [1.807, 2.05) is 0 Å².